The maximum atomic E-state index is 12.1. The summed E-state index contributed by atoms with van der Waals surface area (Å²) in [5, 5.41) is 0. The van der Waals surface area contributed by atoms with Gasteiger partial charge in [-0.3, -0.25) is 9.78 Å². The molecule has 0 aliphatic heterocycles. The van der Waals surface area contributed by atoms with Gasteiger partial charge in [-0.1, -0.05) is 24.3 Å². The summed E-state index contributed by atoms with van der Waals surface area (Å²) >= 11 is 0. The number of esters is 1. The van der Waals surface area contributed by atoms with Crippen molar-refractivity contribution in [3.05, 3.63) is 71.6 Å². The Hall–Kier alpha value is -2.75. The van der Waals surface area contributed by atoms with E-state index in [4.69, 9.17) is 4.74 Å². The van der Waals surface area contributed by atoms with Crippen LogP contribution < -0.4 is 0 Å². The normalized spacial score (nSPS) is 10.6. The Morgan fingerprint density at radius 3 is 2.59 bits per heavy atom. The summed E-state index contributed by atoms with van der Waals surface area (Å²) in [6.07, 6.45) is 6.61. The van der Waals surface area contributed by atoms with Crippen LogP contribution in [0, 0.1) is 0 Å². The average Bonchev–Trinajstić information content (AvgIpc) is 2.55. The van der Waals surface area contributed by atoms with Gasteiger partial charge in [0.25, 0.3) is 0 Å². The van der Waals surface area contributed by atoms with Gasteiger partial charge in [0.2, 0.25) is 0 Å². The van der Waals surface area contributed by atoms with E-state index >= 15 is 0 Å². The number of hydrogen-bond acceptors (Lipinski definition) is 4. The highest BCUT2D eigenvalue weighted by molar-refractivity contribution is 5.97. The third kappa shape index (κ3) is 4.66. The van der Waals surface area contributed by atoms with Gasteiger partial charge in [-0.05, 0) is 36.3 Å². The predicted molar refractivity (Wildman–Crippen MR) is 84.4 cm³/mol. The minimum absolute atomic E-state index is 0.0305. The number of carbonyl (C=O) groups is 2. The van der Waals surface area contributed by atoms with Crippen molar-refractivity contribution in [1.82, 2.24) is 4.98 Å². The Kier molecular flexibility index (Phi) is 5.60. The van der Waals surface area contributed by atoms with Gasteiger partial charge in [-0.2, -0.15) is 0 Å². The summed E-state index contributed by atoms with van der Waals surface area (Å²) in [6.45, 7) is 2.12. The molecule has 0 bridgehead atoms. The Balaban J connectivity index is 1.97. The molecule has 0 saturated carbocycles. The molecule has 0 N–H and O–H groups in total. The number of aromatic nitrogens is 1. The number of ketones is 1. The smallest absolute Gasteiger partial charge is 0.330 e. The fourth-order valence-electron chi connectivity index (χ4n) is 1.92. The van der Waals surface area contributed by atoms with Crippen LogP contribution in [0.1, 0.15) is 28.4 Å². The first-order chi connectivity index (χ1) is 10.7. The van der Waals surface area contributed by atoms with Gasteiger partial charge in [0.1, 0.15) is 0 Å². The minimum Gasteiger partial charge on any atom is -0.463 e. The minimum atomic E-state index is -0.363. The number of pyridine rings is 1. The molecule has 4 nitrogen and oxygen atoms in total. The van der Waals surface area contributed by atoms with Crippen molar-refractivity contribution in [3.63, 3.8) is 0 Å². The average molecular weight is 295 g/mol. The monoisotopic (exact) mass is 295 g/mol. The zero-order valence-corrected chi connectivity index (χ0v) is 12.4. The maximum absolute atomic E-state index is 12.1. The first kappa shape index (κ1) is 15.6. The molecule has 2 rings (SSSR count). The molecule has 0 fully saturated rings. The van der Waals surface area contributed by atoms with Gasteiger partial charge in [0.15, 0.2) is 5.78 Å². The Labute approximate surface area is 129 Å². The molecule has 0 amide bonds. The maximum Gasteiger partial charge on any atom is 0.330 e. The third-order valence-electron chi connectivity index (χ3n) is 3.03. The SMILES string of the molecule is CCOC(=O)C=Cc1ccc(CC(=O)c2cccnc2)cc1. The van der Waals surface area contributed by atoms with Crippen LogP contribution in [0.4, 0.5) is 0 Å². The fourth-order valence-corrected chi connectivity index (χ4v) is 1.92. The van der Waals surface area contributed by atoms with Crippen molar-refractivity contribution in [2.75, 3.05) is 6.61 Å². The van der Waals surface area contributed by atoms with Crippen LogP contribution in [-0.4, -0.2) is 23.3 Å². The molecule has 0 unspecified atom stereocenters. The van der Waals surface area contributed by atoms with Crippen molar-refractivity contribution < 1.29 is 14.3 Å². The molecule has 0 aliphatic rings. The van der Waals surface area contributed by atoms with Gasteiger partial charge in [-0.25, -0.2) is 4.79 Å². The number of ether oxygens (including phenoxy) is 1. The van der Waals surface area contributed by atoms with Crippen molar-refractivity contribution >= 4 is 17.8 Å². The molecular weight excluding hydrogens is 278 g/mol. The molecule has 0 atom stereocenters. The van der Waals surface area contributed by atoms with E-state index in [1.165, 1.54) is 6.08 Å². The quantitative estimate of drug-likeness (QED) is 0.467. The fraction of sp³-hybridized carbons (Fsp3) is 0.167. The Bertz CT molecular complexity index is 660. The number of rotatable bonds is 6. The first-order valence-corrected chi connectivity index (χ1v) is 7.06. The molecule has 2 aromatic rings. The lowest BCUT2D eigenvalue weighted by Crippen LogP contribution is -2.03. The van der Waals surface area contributed by atoms with E-state index in [9.17, 15) is 9.59 Å². The van der Waals surface area contributed by atoms with Crippen LogP contribution in [-0.2, 0) is 16.0 Å². The molecule has 0 radical (unpaired) electrons. The number of hydrogen-bond donors (Lipinski definition) is 0. The van der Waals surface area contributed by atoms with Gasteiger partial charge in [0, 0.05) is 30.5 Å². The second-order valence-electron chi connectivity index (χ2n) is 4.67. The van der Waals surface area contributed by atoms with E-state index in [1.54, 1.807) is 37.5 Å². The molecule has 0 aliphatic carbocycles. The lowest BCUT2D eigenvalue weighted by molar-refractivity contribution is -0.137. The summed E-state index contributed by atoms with van der Waals surface area (Å²) in [4.78, 5) is 27.2. The first-order valence-electron chi connectivity index (χ1n) is 7.06. The highest BCUT2D eigenvalue weighted by Gasteiger charge is 2.06. The molecule has 0 spiro atoms. The molecule has 1 aromatic heterocycles. The van der Waals surface area contributed by atoms with Crippen LogP contribution in [0.15, 0.2) is 54.9 Å². The summed E-state index contributed by atoms with van der Waals surface area (Å²) < 4.78 is 4.81. The van der Waals surface area contributed by atoms with Crippen LogP contribution in [0.3, 0.4) is 0 Å². The van der Waals surface area contributed by atoms with E-state index in [2.05, 4.69) is 4.98 Å². The molecule has 4 heteroatoms. The molecule has 1 aromatic carbocycles. The molecule has 112 valence electrons. The molecule has 0 saturated heterocycles. The van der Waals surface area contributed by atoms with Crippen LogP contribution in [0.5, 0.6) is 0 Å². The van der Waals surface area contributed by atoms with E-state index in [1.807, 2.05) is 24.3 Å². The summed E-state index contributed by atoms with van der Waals surface area (Å²) in [5.41, 5.74) is 2.40. The van der Waals surface area contributed by atoms with Gasteiger partial charge >= 0.3 is 5.97 Å². The Morgan fingerprint density at radius 1 is 1.18 bits per heavy atom. The number of nitrogens with zero attached hydrogens (tertiary/aromatic N) is 1. The van der Waals surface area contributed by atoms with Crippen LogP contribution in [0.25, 0.3) is 6.08 Å². The standard InChI is InChI=1S/C18H17NO3/c1-2-22-18(21)10-9-14-5-7-15(8-6-14)12-17(20)16-4-3-11-19-13-16/h3-11,13H,2,12H2,1H3. The van der Waals surface area contributed by atoms with Crippen molar-refractivity contribution in [1.29, 1.82) is 0 Å². The highest BCUT2D eigenvalue weighted by atomic mass is 16.5. The van der Waals surface area contributed by atoms with Crippen LogP contribution in [0.2, 0.25) is 0 Å². The van der Waals surface area contributed by atoms with E-state index < -0.39 is 0 Å². The molecular formula is C18H17NO3. The lowest BCUT2D eigenvalue weighted by Gasteiger charge is -2.02. The van der Waals surface area contributed by atoms with Crippen molar-refractivity contribution in [2.45, 2.75) is 13.3 Å². The number of Topliss-reactive ketones (excluding diaryl/α,β-unsaturated/α-hetero) is 1. The van der Waals surface area contributed by atoms with Crippen LogP contribution >= 0.6 is 0 Å². The van der Waals surface area contributed by atoms with Crippen molar-refractivity contribution in [2.24, 2.45) is 0 Å². The zero-order valence-electron chi connectivity index (χ0n) is 12.4. The zero-order chi connectivity index (χ0) is 15.8. The summed E-state index contributed by atoms with van der Waals surface area (Å²) in [5.74, 6) is -0.332. The van der Waals surface area contributed by atoms with Crippen molar-refractivity contribution in [3.8, 4) is 0 Å². The lowest BCUT2D eigenvalue weighted by atomic mass is 10.0. The van der Waals surface area contributed by atoms with E-state index in [0.717, 1.165) is 11.1 Å². The Morgan fingerprint density at radius 2 is 1.95 bits per heavy atom. The summed E-state index contributed by atoms with van der Waals surface area (Å²) in [6, 6.07) is 11.0. The highest BCUT2D eigenvalue weighted by Crippen LogP contribution is 2.10. The number of benzene rings is 1. The van der Waals surface area contributed by atoms with Gasteiger partial charge in [-0.15, -0.1) is 0 Å². The predicted octanol–water partition coefficient (Wildman–Crippen LogP) is 3.08. The topological polar surface area (TPSA) is 56.3 Å². The molecule has 1 heterocycles. The van der Waals surface area contributed by atoms with Gasteiger partial charge in [0.05, 0.1) is 6.61 Å². The third-order valence-corrected chi connectivity index (χ3v) is 3.03. The van der Waals surface area contributed by atoms with E-state index in [0.29, 0.717) is 18.6 Å². The second kappa shape index (κ2) is 7.88. The van der Waals surface area contributed by atoms with E-state index in [-0.39, 0.29) is 11.8 Å². The second-order valence-corrected chi connectivity index (χ2v) is 4.67. The summed E-state index contributed by atoms with van der Waals surface area (Å²) in [7, 11) is 0. The number of carbonyl (C=O) groups excluding carboxylic acids is 2. The molecule has 22 heavy (non-hydrogen) atoms. The van der Waals surface area contributed by atoms with Gasteiger partial charge < -0.3 is 4.74 Å². The largest absolute Gasteiger partial charge is 0.463 e.